The van der Waals surface area contributed by atoms with Gasteiger partial charge in [-0.15, -0.1) is 0 Å². The summed E-state index contributed by atoms with van der Waals surface area (Å²) in [6, 6.07) is 15.4. The number of carbonyl (C=O) groups is 1. The van der Waals surface area contributed by atoms with Crippen LogP contribution < -0.4 is 14.9 Å². The Labute approximate surface area is 168 Å². The van der Waals surface area contributed by atoms with Gasteiger partial charge in [0.25, 0.3) is 0 Å². The number of nitrogens with zero attached hydrogens (tertiary/aromatic N) is 2. The van der Waals surface area contributed by atoms with E-state index >= 15 is 0 Å². The summed E-state index contributed by atoms with van der Waals surface area (Å²) in [5.74, 6) is 1.17. The van der Waals surface area contributed by atoms with Crippen molar-refractivity contribution in [2.75, 3.05) is 20.0 Å². The van der Waals surface area contributed by atoms with Gasteiger partial charge in [0.2, 0.25) is 5.91 Å². The molecule has 1 amide bonds. The van der Waals surface area contributed by atoms with E-state index in [1.54, 1.807) is 20.3 Å². The molecule has 1 N–H and O–H groups in total. The Bertz CT molecular complexity index is 1020. The Morgan fingerprint density at radius 1 is 1.18 bits per heavy atom. The highest BCUT2D eigenvalue weighted by Gasteiger charge is 2.08. The first-order valence-corrected chi connectivity index (χ1v) is 9.63. The van der Waals surface area contributed by atoms with Crippen molar-refractivity contribution >= 4 is 34.8 Å². The maximum atomic E-state index is 12.1. The molecule has 6 nitrogen and oxygen atoms in total. The molecule has 3 rings (SSSR count). The standard InChI is InChI=1S/C21H21N3O3S/c1-14-11-20(23-17-9-5-4-8-16(14)17)28-13-19(25)24-22-12-15-7-6-10-18(26-2)21(15)27-3/h4-12H,13H2,1-3H3,(H,24,25)/b22-12+. The summed E-state index contributed by atoms with van der Waals surface area (Å²) in [5, 5.41) is 5.94. The van der Waals surface area contributed by atoms with Crippen molar-refractivity contribution in [1.29, 1.82) is 0 Å². The summed E-state index contributed by atoms with van der Waals surface area (Å²) in [4.78, 5) is 16.7. The number of para-hydroxylation sites is 2. The van der Waals surface area contributed by atoms with Gasteiger partial charge < -0.3 is 9.47 Å². The van der Waals surface area contributed by atoms with Gasteiger partial charge in [-0.3, -0.25) is 4.79 Å². The van der Waals surface area contributed by atoms with Gasteiger partial charge in [-0.05, 0) is 36.8 Å². The molecule has 0 bridgehead atoms. The number of thioether (sulfide) groups is 1. The third-order valence-electron chi connectivity index (χ3n) is 4.08. The number of nitrogens with one attached hydrogen (secondary N) is 1. The second-order valence-electron chi connectivity index (χ2n) is 5.96. The lowest BCUT2D eigenvalue weighted by molar-refractivity contribution is -0.118. The van der Waals surface area contributed by atoms with Crippen LogP contribution in [-0.4, -0.2) is 37.1 Å². The van der Waals surface area contributed by atoms with E-state index < -0.39 is 0 Å². The maximum Gasteiger partial charge on any atom is 0.250 e. The van der Waals surface area contributed by atoms with Crippen LogP contribution in [-0.2, 0) is 4.79 Å². The Balaban J connectivity index is 1.60. The summed E-state index contributed by atoms with van der Waals surface area (Å²) >= 11 is 1.38. The summed E-state index contributed by atoms with van der Waals surface area (Å²) in [7, 11) is 3.13. The molecule has 2 aromatic carbocycles. The van der Waals surface area contributed by atoms with E-state index in [0.29, 0.717) is 17.1 Å². The van der Waals surface area contributed by atoms with Crippen LogP contribution in [0.3, 0.4) is 0 Å². The Kier molecular flexibility index (Phi) is 6.49. The molecule has 1 aromatic heterocycles. The van der Waals surface area contributed by atoms with E-state index in [1.165, 1.54) is 18.0 Å². The van der Waals surface area contributed by atoms with Crippen molar-refractivity contribution in [3.63, 3.8) is 0 Å². The molecule has 0 saturated heterocycles. The smallest absolute Gasteiger partial charge is 0.250 e. The van der Waals surface area contributed by atoms with Crippen molar-refractivity contribution in [2.45, 2.75) is 11.9 Å². The van der Waals surface area contributed by atoms with Gasteiger partial charge in [-0.2, -0.15) is 5.10 Å². The number of aryl methyl sites for hydroxylation is 1. The number of fused-ring (bicyclic) bond motifs is 1. The molecule has 0 aliphatic rings. The molecule has 1 heterocycles. The second kappa shape index (κ2) is 9.23. The van der Waals surface area contributed by atoms with Crippen molar-refractivity contribution in [1.82, 2.24) is 10.4 Å². The fraction of sp³-hybridized carbons (Fsp3) is 0.190. The van der Waals surface area contributed by atoms with Gasteiger partial charge in [0.05, 0.1) is 36.7 Å². The number of aromatic nitrogens is 1. The lowest BCUT2D eigenvalue weighted by Crippen LogP contribution is -2.19. The summed E-state index contributed by atoms with van der Waals surface area (Å²) in [6.45, 7) is 2.04. The predicted molar refractivity (Wildman–Crippen MR) is 112 cm³/mol. The molecule has 0 radical (unpaired) electrons. The molecule has 0 spiro atoms. The van der Waals surface area contributed by atoms with Gasteiger partial charge in [0.1, 0.15) is 0 Å². The molecule has 28 heavy (non-hydrogen) atoms. The third kappa shape index (κ3) is 4.61. The molecule has 7 heteroatoms. The number of pyridine rings is 1. The number of rotatable bonds is 7. The second-order valence-corrected chi connectivity index (χ2v) is 6.95. The highest BCUT2D eigenvalue weighted by molar-refractivity contribution is 7.99. The molecule has 0 fully saturated rings. The Morgan fingerprint density at radius 3 is 2.79 bits per heavy atom. The quantitative estimate of drug-likeness (QED) is 0.374. The fourth-order valence-electron chi connectivity index (χ4n) is 2.75. The zero-order chi connectivity index (χ0) is 19.9. The molecular weight excluding hydrogens is 374 g/mol. The van der Waals surface area contributed by atoms with Crippen LogP contribution >= 0.6 is 11.8 Å². The van der Waals surface area contributed by atoms with E-state index in [1.807, 2.05) is 49.4 Å². The number of ether oxygens (including phenoxy) is 2. The first-order valence-electron chi connectivity index (χ1n) is 8.64. The van der Waals surface area contributed by atoms with E-state index in [4.69, 9.17) is 9.47 Å². The van der Waals surface area contributed by atoms with Crippen LogP contribution in [0.1, 0.15) is 11.1 Å². The molecule has 144 valence electrons. The first-order chi connectivity index (χ1) is 13.6. The van der Waals surface area contributed by atoms with Crippen LogP contribution in [0.5, 0.6) is 11.5 Å². The number of hydrazone groups is 1. The van der Waals surface area contributed by atoms with E-state index in [9.17, 15) is 4.79 Å². The summed E-state index contributed by atoms with van der Waals surface area (Å²) < 4.78 is 10.6. The average Bonchev–Trinajstić information content (AvgIpc) is 2.72. The van der Waals surface area contributed by atoms with Crippen molar-refractivity contribution < 1.29 is 14.3 Å². The van der Waals surface area contributed by atoms with E-state index in [2.05, 4.69) is 15.5 Å². The number of hydrogen-bond acceptors (Lipinski definition) is 6. The normalized spacial score (nSPS) is 11.0. The molecule has 0 saturated carbocycles. The van der Waals surface area contributed by atoms with E-state index in [-0.39, 0.29) is 11.7 Å². The van der Waals surface area contributed by atoms with Crippen LogP contribution in [0, 0.1) is 6.92 Å². The molecule has 0 atom stereocenters. The Morgan fingerprint density at radius 2 is 2.00 bits per heavy atom. The minimum absolute atomic E-state index is 0.212. The number of benzene rings is 2. The molecule has 0 unspecified atom stereocenters. The van der Waals surface area contributed by atoms with Gasteiger partial charge in [-0.25, -0.2) is 10.4 Å². The largest absolute Gasteiger partial charge is 0.493 e. The molecular formula is C21H21N3O3S. The zero-order valence-corrected chi connectivity index (χ0v) is 16.7. The molecule has 0 aliphatic carbocycles. The zero-order valence-electron chi connectivity index (χ0n) is 15.9. The first kappa shape index (κ1) is 19.7. The number of carbonyl (C=O) groups excluding carboxylic acids is 1. The fourth-order valence-corrected chi connectivity index (χ4v) is 3.52. The minimum Gasteiger partial charge on any atom is -0.493 e. The highest BCUT2D eigenvalue weighted by atomic mass is 32.2. The minimum atomic E-state index is -0.212. The SMILES string of the molecule is COc1cccc(/C=N/NC(=O)CSc2cc(C)c3ccccc3n2)c1OC. The lowest BCUT2D eigenvalue weighted by Gasteiger charge is -2.09. The van der Waals surface area contributed by atoms with Crippen molar-refractivity contribution in [2.24, 2.45) is 5.10 Å². The van der Waals surface area contributed by atoms with Gasteiger partial charge in [0.15, 0.2) is 11.5 Å². The van der Waals surface area contributed by atoms with Crippen molar-refractivity contribution in [3.8, 4) is 11.5 Å². The summed E-state index contributed by atoms with van der Waals surface area (Å²) in [5.41, 5.74) is 5.30. The monoisotopic (exact) mass is 395 g/mol. The predicted octanol–water partition coefficient (Wildman–Crippen LogP) is 3.80. The van der Waals surface area contributed by atoms with Crippen LogP contribution in [0.4, 0.5) is 0 Å². The van der Waals surface area contributed by atoms with Gasteiger partial charge in [-0.1, -0.05) is 36.0 Å². The lowest BCUT2D eigenvalue weighted by atomic mass is 10.1. The average molecular weight is 395 g/mol. The third-order valence-corrected chi connectivity index (χ3v) is 4.99. The van der Waals surface area contributed by atoms with Crippen LogP contribution in [0.15, 0.2) is 58.7 Å². The van der Waals surface area contributed by atoms with Crippen LogP contribution in [0.25, 0.3) is 10.9 Å². The summed E-state index contributed by atoms with van der Waals surface area (Å²) in [6.07, 6.45) is 1.53. The highest BCUT2D eigenvalue weighted by Crippen LogP contribution is 2.29. The molecule has 3 aromatic rings. The Hall–Kier alpha value is -3.06. The number of methoxy groups -OCH3 is 2. The maximum absolute atomic E-state index is 12.1. The van der Waals surface area contributed by atoms with E-state index in [0.717, 1.165) is 21.5 Å². The number of amides is 1. The van der Waals surface area contributed by atoms with Crippen LogP contribution in [0.2, 0.25) is 0 Å². The molecule has 0 aliphatic heterocycles. The van der Waals surface area contributed by atoms with Gasteiger partial charge >= 0.3 is 0 Å². The van der Waals surface area contributed by atoms with Gasteiger partial charge in [0, 0.05) is 10.9 Å². The number of hydrogen-bond donors (Lipinski definition) is 1. The van der Waals surface area contributed by atoms with Crippen molar-refractivity contribution in [3.05, 3.63) is 59.7 Å². The topological polar surface area (TPSA) is 72.8 Å².